The van der Waals surface area contributed by atoms with Gasteiger partial charge in [0.1, 0.15) is 6.61 Å². The Labute approximate surface area is 161 Å². The number of nitrogens with zero attached hydrogens (tertiary/aromatic N) is 2. The number of esters is 1. The highest BCUT2D eigenvalue weighted by Gasteiger charge is 2.46. The minimum Gasteiger partial charge on any atom is -0.460 e. The van der Waals surface area contributed by atoms with E-state index in [-0.39, 0.29) is 17.8 Å². The number of allylic oxidation sites excluding steroid dienone is 1. The molecule has 2 aliphatic rings. The molecule has 0 spiro atoms. The van der Waals surface area contributed by atoms with Crippen LogP contribution in [0.5, 0.6) is 0 Å². The number of aliphatic imine (C=N–C) groups is 1. The van der Waals surface area contributed by atoms with E-state index in [0.717, 1.165) is 5.56 Å². The van der Waals surface area contributed by atoms with Crippen LogP contribution >= 0.6 is 23.4 Å². The predicted octanol–water partition coefficient (Wildman–Crippen LogP) is 3.18. The predicted molar refractivity (Wildman–Crippen MR) is 101 cm³/mol. The number of halogens is 1. The smallest absolute Gasteiger partial charge is 0.338 e. The van der Waals surface area contributed by atoms with Gasteiger partial charge in [-0.3, -0.25) is 9.69 Å². The van der Waals surface area contributed by atoms with Crippen molar-refractivity contribution < 1.29 is 19.1 Å². The van der Waals surface area contributed by atoms with E-state index in [0.29, 0.717) is 28.1 Å². The summed E-state index contributed by atoms with van der Waals surface area (Å²) in [6.45, 7) is 4.01. The summed E-state index contributed by atoms with van der Waals surface area (Å²) < 4.78 is 10.2. The summed E-state index contributed by atoms with van der Waals surface area (Å²) in [4.78, 5) is 31.5. The number of fused-ring (bicyclic) bond motifs is 1. The van der Waals surface area contributed by atoms with Crippen molar-refractivity contribution in [3.8, 4) is 0 Å². The third-order valence-electron chi connectivity index (χ3n) is 4.16. The Bertz CT molecular complexity index is 808. The van der Waals surface area contributed by atoms with Crippen molar-refractivity contribution in [3.63, 3.8) is 0 Å². The van der Waals surface area contributed by atoms with E-state index >= 15 is 0 Å². The molecule has 2 heterocycles. The first kappa shape index (κ1) is 18.9. The van der Waals surface area contributed by atoms with Gasteiger partial charge in [0.05, 0.1) is 29.2 Å². The van der Waals surface area contributed by atoms with Crippen LogP contribution in [0.25, 0.3) is 0 Å². The summed E-state index contributed by atoms with van der Waals surface area (Å²) in [6, 6.07) is 6.53. The second-order valence-corrected chi connectivity index (χ2v) is 7.69. The van der Waals surface area contributed by atoms with E-state index in [4.69, 9.17) is 21.1 Å². The summed E-state index contributed by atoms with van der Waals surface area (Å²) in [5, 5.41) is 0.870. The van der Waals surface area contributed by atoms with Crippen LogP contribution in [-0.2, 0) is 19.1 Å². The number of hydrogen-bond donors (Lipinski definition) is 0. The van der Waals surface area contributed by atoms with E-state index in [9.17, 15) is 9.59 Å². The van der Waals surface area contributed by atoms with Crippen LogP contribution in [0, 0.1) is 0 Å². The number of hydrogen-bond acceptors (Lipinski definition) is 6. The highest BCUT2D eigenvalue weighted by molar-refractivity contribution is 8.15. The van der Waals surface area contributed by atoms with Gasteiger partial charge in [0, 0.05) is 12.1 Å². The van der Waals surface area contributed by atoms with E-state index < -0.39 is 12.0 Å². The second-order valence-electron chi connectivity index (χ2n) is 5.95. The molecule has 26 heavy (non-hydrogen) atoms. The maximum atomic E-state index is 12.7. The van der Waals surface area contributed by atoms with E-state index in [1.165, 1.54) is 18.9 Å². The molecule has 1 fully saturated rings. The Kier molecular flexibility index (Phi) is 5.70. The largest absolute Gasteiger partial charge is 0.460 e. The quantitative estimate of drug-likeness (QED) is 0.566. The number of carbonyl (C=O) groups is 2. The molecule has 1 aromatic carbocycles. The number of amides is 1. The molecule has 0 radical (unpaired) electrons. The third-order valence-corrected chi connectivity index (χ3v) is 5.45. The first-order valence-electron chi connectivity index (χ1n) is 8.14. The highest BCUT2D eigenvalue weighted by atomic mass is 35.5. The molecule has 138 valence electrons. The fourth-order valence-electron chi connectivity index (χ4n) is 2.95. The van der Waals surface area contributed by atoms with Crippen LogP contribution in [0.2, 0.25) is 5.02 Å². The lowest BCUT2D eigenvalue weighted by molar-refractivity contribution is -0.141. The van der Waals surface area contributed by atoms with Crippen molar-refractivity contribution in [3.05, 3.63) is 46.1 Å². The lowest BCUT2D eigenvalue weighted by atomic mass is 9.94. The first-order chi connectivity index (χ1) is 12.4. The van der Waals surface area contributed by atoms with Crippen LogP contribution in [-0.4, -0.2) is 47.5 Å². The summed E-state index contributed by atoms with van der Waals surface area (Å²) >= 11 is 7.54. The molecule has 0 saturated carbocycles. The molecule has 2 aliphatic heterocycles. The van der Waals surface area contributed by atoms with Crippen molar-refractivity contribution in [2.45, 2.75) is 25.1 Å². The lowest BCUT2D eigenvalue weighted by Crippen LogP contribution is -2.40. The molecule has 0 N–H and O–H groups in total. The average Bonchev–Trinajstić information content (AvgIpc) is 2.87. The molecule has 0 unspecified atom stereocenters. The number of methoxy groups -OCH3 is 1. The standard InChI is InChI=1S/C18H19ClN2O4S/c1-10-14(17(23)25-8-7-24-3)15(12-5-4-6-13(19)9-12)21-16(22)11(2)26-18(21)20-10/h4-6,9,11,15H,7-8H2,1-3H3/t11-,15+/m1/s1. The molecule has 0 aromatic heterocycles. The third kappa shape index (κ3) is 3.51. The molecule has 1 saturated heterocycles. The van der Waals surface area contributed by atoms with Crippen LogP contribution in [0.15, 0.2) is 40.5 Å². The van der Waals surface area contributed by atoms with Gasteiger partial charge in [-0.05, 0) is 31.5 Å². The van der Waals surface area contributed by atoms with Crippen molar-refractivity contribution in [1.82, 2.24) is 4.90 Å². The van der Waals surface area contributed by atoms with Gasteiger partial charge >= 0.3 is 5.97 Å². The Morgan fingerprint density at radius 2 is 2.15 bits per heavy atom. The van der Waals surface area contributed by atoms with Gasteiger partial charge in [0.2, 0.25) is 5.91 Å². The molecule has 0 bridgehead atoms. The van der Waals surface area contributed by atoms with Gasteiger partial charge in [-0.1, -0.05) is 35.5 Å². The number of carbonyl (C=O) groups excluding carboxylic acids is 2. The fraction of sp³-hybridized carbons (Fsp3) is 0.389. The maximum Gasteiger partial charge on any atom is 0.338 e. The van der Waals surface area contributed by atoms with Crippen molar-refractivity contribution in [2.75, 3.05) is 20.3 Å². The van der Waals surface area contributed by atoms with Gasteiger partial charge in [-0.2, -0.15) is 0 Å². The van der Waals surface area contributed by atoms with Crippen LogP contribution < -0.4 is 0 Å². The van der Waals surface area contributed by atoms with Crippen molar-refractivity contribution in [2.24, 2.45) is 4.99 Å². The molecule has 8 heteroatoms. The topological polar surface area (TPSA) is 68.2 Å². The zero-order valence-electron chi connectivity index (χ0n) is 14.7. The Balaban J connectivity index is 2.05. The first-order valence-corrected chi connectivity index (χ1v) is 9.40. The number of amidine groups is 1. The van der Waals surface area contributed by atoms with Gasteiger partial charge in [0.25, 0.3) is 0 Å². The van der Waals surface area contributed by atoms with Crippen molar-refractivity contribution >= 4 is 40.4 Å². The minimum atomic E-state index is -0.610. The second kappa shape index (κ2) is 7.82. The molecule has 0 aliphatic carbocycles. The molecule has 2 atom stereocenters. The Morgan fingerprint density at radius 1 is 1.38 bits per heavy atom. The Morgan fingerprint density at radius 3 is 2.85 bits per heavy atom. The zero-order valence-corrected chi connectivity index (χ0v) is 16.3. The van der Waals surface area contributed by atoms with Gasteiger partial charge < -0.3 is 9.47 Å². The monoisotopic (exact) mass is 394 g/mol. The molecule has 1 aromatic rings. The van der Waals surface area contributed by atoms with E-state index in [1.807, 2.05) is 13.0 Å². The number of thioether (sulfide) groups is 1. The molecule has 6 nitrogen and oxygen atoms in total. The molecule has 1 amide bonds. The molecular formula is C18H19ClN2O4S. The number of benzene rings is 1. The van der Waals surface area contributed by atoms with Crippen LogP contribution in [0.4, 0.5) is 0 Å². The SMILES string of the molecule is COCCOC(=O)C1=C(C)N=C2S[C@H](C)C(=O)N2[C@H]1c1cccc(Cl)c1. The zero-order chi connectivity index (χ0) is 18.8. The van der Waals surface area contributed by atoms with Gasteiger partial charge in [0.15, 0.2) is 5.17 Å². The summed E-state index contributed by atoms with van der Waals surface area (Å²) in [6.07, 6.45) is 0. The number of rotatable bonds is 5. The average molecular weight is 395 g/mol. The fourth-order valence-corrected chi connectivity index (χ4v) is 4.18. The van der Waals surface area contributed by atoms with Gasteiger partial charge in [-0.15, -0.1) is 0 Å². The normalized spacial score (nSPS) is 22.4. The maximum absolute atomic E-state index is 12.7. The van der Waals surface area contributed by atoms with E-state index in [1.54, 1.807) is 30.0 Å². The molecule has 3 rings (SSSR count). The lowest BCUT2D eigenvalue weighted by Gasteiger charge is -2.33. The summed E-state index contributed by atoms with van der Waals surface area (Å²) in [7, 11) is 1.53. The van der Waals surface area contributed by atoms with Crippen molar-refractivity contribution in [1.29, 1.82) is 0 Å². The Hall–Kier alpha value is -1.83. The van der Waals surface area contributed by atoms with Gasteiger partial charge in [-0.25, -0.2) is 9.79 Å². The molecular weight excluding hydrogens is 376 g/mol. The number of ether oxygens (including phenoxy) is 2. The highest BCUT2D eigenvalue weighted by Crippen LogP contribution is 2.43. The summed E-state index contributed by atoms with van der Waals surface area (Å²) in [5.41, 5.74) is 1.62. The van der Waals surface area contributed by atoms with Crippen LogP contribution in [0.1, 0.15) is 25.5 Å². The van der Waals surface area contributed by atoms with E-state index in [2.05, 4.69) is 4.99 Å². The van der Waals surface area contributed by atoms with Crippen LogP contribution in [0.3, 0.4) is 0 Å². The summed E-state index contributed by atoms with van der Waals surface area (Å²) in [5.74, 6) is -0.599. The minimum absolute atomic E-state index is 0.0894.